The molecule has 1 fully saturated rings. The summed E-state index contributed by atoms with van der Waals surface area (Å²) in [6, 6.07) is 13.1. The minimum absolute atomic E-state index is 0.0440. The molecular formula is C23H25ClN2O4. The molecule has 1 aliphatic heterocycles. The van der Waals surface area contributed by atoms with Gasteiger partial charge >= 0.3 is 5.76 Å². The smallest absolute Gasteiger partial charge is 0.419 e. The molecule has 4 rings (SSSR count). The van der Waals surface area contributed by atoms with E-state index >= 15 is 0 Å². The maximum Gasteiger partial charge on any atom is 0.419 e. The monoisotopic (exact) mass is 428 g/mol. The maximum atomic E-state index is 13.2. The number of hydrogen-bond donors (Lipinski definition) is 0. The fourth-order valence-electron chi connectivity index (χ4n) is 4.18. The molecule has 1 atom stereocenters. The molecule has 1 amide bonds. The number of aryl methyl sites for hydroxylation is 1. The van der Waals surface area contributed by atoms with E-state index in [-0.39, 0.29) is 24.9 Å². The number of aromatic nitrogens is 1. The molecule has 0 unspecified atom stereocenters. The lowest BCUT2D eigenvalue weighted by atomic mass is 10.0. The van der Waals surface area contributed by atoms with Crippen molar-refractivity contribution in [1.82, 2.24) is 9.47 Å². The third-order valence-corrected chi connectivity index (χ3v) is 5.99. The van der Waals surface area contributed by atoms with Crippen LogP contribution in [-0.4, -0.2) is 29.0 Å². The van der Waals surface area contributed by atoms with Crippen molar-refractivity contribution in [3.63, 3.8) is 0 Å². The number of hydrogen-bond acceptors (Lipinski definition) is 4. The molecule has 6 nitrogen and oxygen atoms in total. The van der Waals surface area contributed by atoms with Gasteiger partial charge in [-0.3, -0.25) is 9.36 Å². The number of ether oxygens (including phenoxy) is 1. The Balaban J connectivity index is 1.53. The first-order valence-electron chi connectivity index (χ1n) is 10.3. The number of likely N-dealkylation sites (tertiary alicyclic amines) is 1. The van der Waals surface area contributed by atoms with E-state index < -0.39 is 5.76 Å². The molecule has 3 aromatic rings. The van der Waals surface area contributed by atoms with E-state index in [1.807, 2.05) is 29.2 Å². The highest BCUT2D eigenvalue weighted by Crippen LogP contribution is 2.31. The standard InChI is InChI=1S/C23H25ClN2O4/c1-29-18-9-6-16(7-10-18)19-5-3-2-4-13-25(19)22(27)12-14-26-20-11-8-17(24)15-21(20)30-23(26)28/h6-11,15,19H,2-5,12-14H2,1H3/t19-/m0/s1. The van der Waals surface area contributed by atoms with Crippen LogP contribution in [0.5, 0.6) is 5.75 Å². The fraction of sp³-hybridized carbons (Fsp3) is 0.391. The van der Waals surface area contributed by atoms with Crippen LogP contribution in [0.2, 0.25) is 5.02 Å². The van der Waals surface area contributed by atoms with Crippen molar-refractivity contribution in [1.29, 1.82) is 0 Å². The first-order valence-corrected chi connectivity index (χ1v) is 10.7. The van der Waals surface area contributed by atoms with E-state index in [2.05, 4.69) is 0 Å². The maximum absolute atomic E-state index is 13.2. The molecule has 1 saturated heterocycles. The van der Waals surface area contributed by atoms with Crippen LogP contribution >= 0.6 is 11.6 Å². The van der Waals surface area contributed by atoms with E-state index in [4.69, 9.17) is 20.8 Å². The Kier molecular flexibility index (Phi) is 6.13. The normalized spacial score (nSPS) is 17.1. The van der Waals surface area contributed by atoms with Crippen LogP contribution in [-0.2, 0) is 11.3 Å². The zero-order chi connectivity index (χ0) is 21.1. The van der Waals surface area contributed by atoms with Crippen LogP contribution in [0.1, 0.15) is 43.7 Å². The SMILES string of the molecule is COc1ccc([C@@H]2CCCCCN2C(=O)CCn2c(=O)oc3cc(Cl)ccc32)cc1. The Morgan fingerprint density at radius 2 is 1.97 bits per heavy atom. The fourth-order valence-corrected chi connectivity index (χ4v) is 4.34. The van der Waals surface area contributed by atoms with Crippen molar-refractivity contribution in [2.45, 2.75) is 44.7 Å². The highest BCUT2D eigenvalue weighted by Gasteiger charge is 2.27. The summed E-state index contributed by atoms with van der Waals surface area (Å²) in [7, 11) is 1.64. The first-order chi connectivity index (χ1) is 14.6. The average molecular weight is 429 g/mol. The lowest BCUT2D eigenvalue weighted by Crippen LogP contribution is -2.35. The second-order valence-electron chi connectivity index (χ2n) is 7.61. The Morgan fingerprint density at radius 3 is 2.73 bits per heavy atom. The van der Waals surface area contributed by atoms with Gasteiger partial charge in [-0.15, -0.1) is 0 Å². The molecule has 158 valence electrons. The lowest BCUT2D eigenvalue weighted by molar-refractivity contribution is -0.133. The van der Waals surface area contributed by atoms with E-state index in [1.165, 1.54) is 4.57 Å². The second-order valence-corrected chi connectivity index (χ2v) is 8.04. The number of amides is 1. The lowest BCUT2D eigenvalue weighted by Gasteiger charge is -2.30. The number of rotatable bonds is 5. The Bertz CT molecular complexity index is 1090. The molecule has 2 aromatic carbocycles. The zero-order valence-electron chi connectivity index (χ0n) is 17.0. The van der Waals surface area contributed by atoms with Crippen molar-refractivity contribution in [2.24, 2.45) is 0 Å². The molecule has 1 aromatic heterocycles. The van der Waals surface area contributed by atoms with Crippen LogP contribution in [0.25, 0.3) is 11.1 Å². The van der Waals surface area contributed by atoms with Crippen LogP contribution in [0.15, 0.2) is 51.7 Å². The van der Waals surface area contributed by atoms with Crippen molar-refractivity contribution >= 4 is 28.6 Å². The van der Waals surface area contributed by atoms with Crippen molar-refractivity contribution in [3.05, 3.63) is 63.6 Å². The molecule has 30 heavy (non-hydrogen) atoms. The minimum atomic E-state index is -0.470. The number of methoxy groups -OCH3 is 1. The highest BCUT2D eigenvalue weighted by atomic mass is 35.5. The third-order valence-electron chi connectivity index (χ3n) is 5.75. The summed E-state index contributed by atoms with van der Waals surface area (Å²) < 4.78 is 12.0. The summed E-state index contributed by atoms with van der Waals surface area (Å²) in [5, 5.41) is 0.506. The summed E-state index contributed by atoms with van der Waals surface area (Å²) in [5.41, 5.74) is 2.21. The zero-order valence-corrected chi connectivity index (χ0v) is 17.7. The van der Waals surface area contributed by atoms with Crippen LogP contribution in [0, 0.1) is 0 Å². The quantitative estimate of drug-likeness (QED) is 0.586. The molecule has 7 heteroatoms. The van der Waals surface area contributed by atoms with E-state index in [0.29, 0.717) is 16.1 Å². The van der Waals surface area contributed by atoms with Gasteiger partial charge < -0.3 is 14.1 Å². The second kappa shape index (κ2) is 8.96. The van der Waals surface area contributed by atoms with Gasteiger partial charge in [-0.2, -0.15) is 0 Å². The minimum Gasteiger partial charge on any atom is -0.497 e. The predicted molar refractivity (Wildman–Crippen MR) is 116 cm³/mol. The topological polar surface area (TPSA) is 64.7 Å². The van der Waals surface area contributed by atoms with Crippen LogP contribution in [0.3, 0.4) is 0 Å². The van der Waals surface area contributed by atoms with Crippen molar-refractivity contribution < 1.29 is 13.9 Å². The van der Waals surface area contributed by atoms with Crippen LogP contribution < -0.4 is 10.5 Å². The first kappa shape index (κ1) is 20.5. The van der Waals surface area contributed by atoms with Gasteiger partial charge in [0, 0.05) is 30.6 Å². The number of nitrogens with zero attached hydrogens (tertiary/aromatic N) is 2. The Labute approximate surface area is 180 Å². The van der Waals surface area contributed by atoms with Gasteiger partial charge in [0.25, 0.3) is 0 Å². The number of carbonyl (C=O) groups excluding carboxylic acids is 1. The van der Waals surface area contributed by atoms with E-state index in [1.54, 1.807) is 25.3 Å². The van der Waals surface area contributed by atoms with Gasteiger partial charge in [0.1, 0.15) is 5.75 Å². The Morgan fingerprint density at radius 1 is 1.17 bits per heavy atom. The summed E-state index contributed by atoms with van der Waals surface area (Å²) in [6.45, 7) is 1.00. The molecule has 2 heterocycles. The number of oxazole rings is 1. The number of halogens is 1. The third kappa shape index (κ3) is 4.24. The van der Waals surface area contributed by atoms with Gasteiger partial charge in [-0.1, -0.05) is 36.6 Å². The molecular weight excluding hydrogens is 404 g/mol. The molecule has 1 aliphatic rings. The van der Waals surface area contributed by atoms with Crippen molar-refractivity contribution in [3.8, 4) is 5.75 Å². The molecule has 0 spiro atoms. The van der Waals surface area contributed by atoms with Gasteiger partial charge in [-0.25, -0.2) is 4.79 Å². The molecule has 0 saturated carbocycles. The summed E-state index contributed by atoms with van der Waals surface area (Å²) in [4.78, 5) is 27.4. The van der Waals surface area contributed by atoms with Gasteiger partial charge in [-0.05, 0) is 42.7 Å². The van der Waals surface area contributed by atoms with Gasteiger partial charge in [0.2, 0.25) is 5.91 Å². The highest BCUT2D eigenvalue weighted by molar-refractivity contribution is 6.31. The Hall–Kier alpha value is -2.73. The van der Waals surface area contributed by atoms with Crippen LogP contribution in [0.4, 0.5) is 0 Å². The molecule has 0 aliphatic carbocycles. The summed E-state index contributed by atoms with van der Waals surface area (Å²) in [5.74, 6) is 0.382. The van der Waals surface area contributed by atoms with Crippen molar-refractivity contribution in [2.75, 3.05) is 13.7 Å². The number of benzene rings is 2. The summed E-state index contributed by atoms with van der Waals surface area (Å²) in [6.07, 6.45) is 4.37. The predicted octanol–water partition coefficient (Wildman–Crippen LogP) is 4.79. The molecule has 0 bridgehead atoms. The largest absolute Gasteiger partial charge is 0.497 e. The average Bonchev–Trinajstić information content (AvgIpc) is 2.91. The van der Waals surface area contributed by atoms with E-state index in [9.17, 15) is 9.59 Å². The van der Waals surface area contributed by atoms with Gasteiger partial charge in [0.15, 0.2) is 5.58 Å². The number of fused-ring (bicyclic) bond motifs is 1. The van der Waals surface area contributed by atoms with E-state index in [0.717, 1.165) is 43.5 Å². The van der Waals surface area contributed by atoms with Gasteiger partial charge in [0.05, 0.1) is 18.7 Å². The number of carbonyl (C=O) groups is 1. The molecule has 0 radical (unpaired) electrons. The molecule has 0 N–H and O–H groups in total. The summed E-state index contributed by atoms with van der Waals surface area (Å²) >= 11 is 5.98.